The standard InChI is InChI=1S/C9H9IN4/c1-6-3-7(2)14(13-6)9-8(10)4-11-5-12-9/h3-5H,1-2H3. The van der Waals surface area contributed by atoms with E-state index in [1.165, 1.54) is 6.33 Å². The summed E-state index contributed by atoms with van der Waals surface area (Å²) < 4.78 is 2.83. The van der Waals surface area contributed by atoms with Crippen LogP contribution in [0.4, 0.5) is 0 Å². The van der Waals surface area contributed by atoms with Gasteiger partial charge in [0.15, 0.2) is 5.82 Å². The van der Waals surface area contributed by atoms with Gasteiger partial charge in [-0.15, -0.1) is 0 Å². The maximum Gasteiger partial charge on any atom is 0.170 e. The fourth-order valence-corrected chi connectivity index (χ4v) is 1.83. The van der Waals surface area contributed by atoms with E-state index in [4.69, 9.17) is 0 Å². The van der Waals surface area contributed by atoms with Crippen LogP contribution in [-0.4, -0.2) is 19.7 Å². The quantitative estimate of drug-likeness (QED) is 0.755. The van der Waals surface area contributed by atoms with Crippen molar-refractivity contribution in [2.75, 3.05) is 0 Å². The van der Waals surface area contributed by atoms with Gasteiger partial charge in [0.2, 0.25) is 0 Å². The van der Waals surface area contributed by atoms with Gasteiger partial charge >= 0.3 is 0 Å². The van der Waals surface area contributed by atoms with Gasteiger partial charge in [-0.05, 0) is 42.5 Å². The average Bonchev–Trinajstić information content (AvgIpc) is 2.46. The molecule has 0 aliphatic carbocycles. The van der Waals surface area contributed by atoms with E-state index in [0.29, 0.717) is 0 Å². The fraction of sp³-hybridized carbons (Fsp3) is 0.222. The highest BCUT2D eigenvalue weighted by atomic mass is 127. The number of nitrogens with zero attached hydrogens (tertiary/aromatic N) is 4. The lowest BCUT2D eigenvalue weighted by molar-refractivity contribution is 0.795. The first-order chi connectivity index (χ1) is 6.68. The molecule has 0 spiro atoms. The van der Waals surface area contributed by atoms with Crippen molar-refractivity contribution in [1.29, 1.82) is 0 Å². The van der Waals surface area contributed by atoms with Crippen LogP contribution in [0.2, 0.25) is 0 Å². The van der Waals surface area contributed by atoms with Gasteiger partial charge in [-0.2, -0.15) is 5.10 Å². The predicted molar refractivity (Wildman–Crippen MR) is 61.3 cm³/mol. The van der Waals surface area contributed by atoms with Crippen LogP contribution >= 0.6 is 22.6 Å². The van der Waals surface area contributed by atoms with Crippen molar-refractivity contribution in [3.8, 4) is 5.82 Å². The van der Waals surface area contributed by atoms with Crippen LogP contribution < -0.4 is 0 Å². The Kier molecular flexibility index (Phi) is 2.49. The maximum absolute atomic E-state index is 4.36. The lowest BCUT2D eigenvalue weighted by atomic mass is 10.4. The van der Waals surface area contributed by atoms with Crippen molar-refractivity contribution in [1.82, 2.24) is 19.7 Å². The molecule has 72 valence electrons. The summed E-state index contributed by atoms with van der Waals surface area (Å²) >= 11 is 2.20. The molecule has 5 heteroatoms. The molecular formula is C9H9IN4. The van der Waals surface area contributed by atoms with E-state index in [-0.39, 0.29) is 0 Å². The zero-order chi connectivity index (χ0) is 10.1. The van der Waals surface area contributed by atoms with Gasteiger partial charge in [0.25, 0.3) is 0 Å². The van der Waals surface area contributed by atoms with Gasteiger partial charge in [-0.25, -0.2) is 14.6 Å². The van der Waals surface area contributed by atoms with Gasteiger partial charge in [0, 0.05) is 11.9 Å². The zero-order valence-electron chi connectivity index (χ0n) is 7.90. The van der Waals surface area contributed by atoms with Crippen molar-refractivity contribution < 1.29 is 0 Å². The lowest BCUT2D eigenvalue weighted by Gasteiger charge is -2.03. The molecule has 0 radical (unpaired) electrons. The van der Waals surface area contributed by atoms with E-state index < -0.39 is 0 Å². The largest absolute Gasteiger partial charge is 0.244 e. The highest BCUT2D eigenvalue weighted by Gasteiger charge is 2.07. The van der Waals surface area contributed by atoms with Crippen molar-refractivity contribution >= 4 is 22.6 Å². The van der Waals surface area contributed by atoms with Gasteiger partial charge in [-0.1, -0.05) is 0 Å². The van der Waals surface area contributed by atoms with Crippen LogP contribution in [0.25, 0.3) is 5.82 Å². The Bertz CT molecular complexity index is 464. The summed E-state index contributed by atoms with van der Waals surface area (Å²) in [4.78, 5) is 8.15. The highest BCUT2D eigenvalue weighted by molar-refractivity contribution is 14.1. The molecule has 2 aromatic rings. The molecule has 0 aliphatic heterocycles. The smallest absolute Gasteiger partial charge is 0.170 e. The fourth-order valence-electron chi connectivity index (χ4n) is 1.31. The van der Waals surface area contributed by atoms with Crippen LogP contribution in [0.1, 0.15) is 11.4 Å². The van der Waals surface area contributed by atoms with Crippen LogP contribution in [0.3, 0.4) is 0 Å². The molecule has 0 saturated heterocycles. The maximum atomic E-state index is 4.36. The van der Waals surface area contributed by atoms with Gasteiger partial charge in [-0.3, -0.25) is 0 Å². The molecule has 2 aromatic heterocycles. The van der Waals surface area contributed by atoms with Gasteiger partial charge in [0.05, 0.1) is 9.26 Å². The molecule has 2 heterocycles. The van der Waals surface area contributed by atoms with Gasteiger partial charge in [0.1, 0.15) is 6.33 Å². The molecular weight excluding hydrogens is 291 g/mol. The Morgan fingerprint density at radius 1 is 1.36 bits per heavy atom. The summed E-state index contributed by atoms with van der Waals surface area (Å²) in [7, 11) is 0. The summed E-state index contributed by atoms with van der Waals surface area (Å²) in [5, 5.41) is 4.36. The first-order valence-corrected chi connectivity index (χ1v) is 5.25. The monoisotopic (exact) mass is 300 g/mol. The van der Waals surface area contributed by atoms with Crippen LogP contribution in [0.5, 0.6) is 0 Å². The number of aromatic nitrogens is 4. The second-order valence-corrected chi connectivity index (χ2v) is 4.20. The number of halogens is 1. The third-order valence-electron chi connectivity index (χ3n) is 1.86. The second kappa shape index (κ2) is 3.64. The summed E-state index contributed by atoms with van der Waals surface area (Å²) in [5.41, 5.74) is 2.08. The third kappa shape index (κ3) is 1.63. The zero-order valence-corrected chi connectivity index (χ0v) is 10.1. The minimum Gasteiger partial charge on any atom is -0.244 e. The van der Waals surface area contributed by atoms with E-state index in [9.17, 15) is 0 Å². The van der Waals surface area contributed by atoms with Gasteiger partial charge < -0.3 is 0 Å². The predicted octanol–water partition coefficient (Wildman–Crippen LogP) is 1.88. The molecule has 4 nitrogen and oxygen atoms in total. The van der Waals surface area contributed by atoms with Crippen molar-refractivity contribution in [2.45, 2.75) is 13.8 Å². The molecule has 0 saturated carbocycles. The Labute approximate surface area is 95.5 Å². The van der Waals surface area contributed by atoms with Crippen LogP contribution in [-0.2, 0) is 0 Å². The summed E-state index contributed by atoms with van der Waals surface area (Å²) in [6.45, 7) is 3.98. The molecule has 0 atom stereocenters. The van der Waals surface area contributed by atoms with Crippen molar-refractivity contribution in [3.05, 3.63) is 33.5 Å². The van der Waals surface area contributed by atoms with Crippen LogP contribution in [0, 0.1) is 17.4 Å². The Morgan fingerprint density at radius 2 is 2.14 bits per heavy atom. The minimum absolute atomic E-state index is 0.839. The Hall–Kier alpha value is -0.980. The van der Waals surface area contributed by atoms with Crippen LogP contribution in [0.15, 0.2) is 18.6 Å². The highest BCUT2D eigenvalue weighted by Crippen LogP contribution is 2.14. The molecule has 0 unspecified atom stereocenters. The molecule has 0 N–H and O–H groups in total. The number of hydrogen-bond acceptors (Lipinski definition) is 3. The van der Waals surface area contributed by atoms with E-state index in [0.717, 1.165) is 20.8 Å². The average molecular weight is 300 g/mol. The number of hydrogen-bond donors (Lipinski definition) is 0. The van der Waals surface area contributed by atoms with E-state index in [1.807, 2.05) is 24.6 Å². The SMILES string of the molecule is Cc1cc(C)n(-c2ncncc2I)n1. The number of aryl methyl sites for hydroxylation is 2. The molecule has 2 rings (SSSR count). The van der Waals surface area contributed by atoms with E-state index in [2.05, 4.69) is 37.7 Å². The summed E-state index contributed by atoms with van der Waals surface area (Å²) in [6, 6.07) is 2.03. The molecule has 0 bridgehead atoms. The second-order valence-electron chi connectivity index (χ2n) is 3.03. The Morgan fingerprint density at radius 3 is 2.71 bits per heavy atom. The minimum atomic E-state index is 0.839. The van der Waals surface area contributed by atoms with E-state index in [1.54, 1.807) is 6.20 Å². The van der Waals surface area contributed by atoms with Crippen molar-refractivity contribution in [2.24, 2.45) is 0 Å². The number of rotatable bonds is 1. The molecule has 0 aliphatic rings. The Balaban J connectivity index is 2.60. The topological polar surface area (TPSA) is 43.6 Å². The normalized spacial score (nSPS) is 10.5. The molecule has 14 heavy (non-hydrogen) atoms. The van der Waals surface area contributed by atoms with E-state index >= 15 is 0 Å². The lowest BCUT2D eigenvalue weighted by Crippen LogP contribution is -2.04. The molecule has 0 amide bonds. The first kappa shape index (κ1) is 9.57. The molecule has 0 fully saturated rings. The third-order valence-corrected chi connectivity index (χ3v) is 2.62. The summed E-state index contributed by atoms with van der Waals surface area (Å²) in [5.74, 6) is 0.839. The first-order valence-electron chi connectivity index (χ1n) is 4.17. The summed E-state index contributed by atoms with van der Waals surface area (Å²) in [6.07, 6.45) is 3.31. The van der Waals surface area contributed by atoms with Crippen molar-refractivity contribution in [3.63, 3.8) is 0 Å². The molecule has 0 aromatic carbocycles.